The Balaban J connectivity index is 0.00000549. The van der Waals surface area contributed by atoms with Crippen LogP contribution in [0.3, 0.4) is 0 Å². The zero-order chi connectivity index (χ0) is 39.5. The van der Waals surface area contributed by atoms with Crippen molar-refractivity contribution in [2.75, 3.05) is 11.4 Å². The lowest BCUT2D eigenvalue weighted by Gasteiger charge is -2.26. The molecule has 2 heterocycles. The Hall–Kier alpha value is -5.13. The third-order valence-corrected chi connectivity index (χ3v) is 12.0. The molecule has 1 atom stereocenters. The van der Waals surface area contributed by atoms with E-state index in [1.54, 1.807) is 30.3 Å². The minimum absolute atomic E-state index is 0. The van der Waals surface area contributed by atoms with Gasteiger partial charge in [0.05, 0.1) is 16.7 Å². The van der Waals surface area contributed by atoms with Gasteiger partial charge in [-0.05, 0) is 101 Å². The molecule has 0 fully saturated rings. The fraction of sp³-hybridized carbons (Fsp3) is 0.306. The summed E-state index contributed by atoms with van der Waals surface area (Å²) in [6.45, 7) is 9.80. The molecular weight excluding hydrogens is 751 g/mol. The van der Waals surface area contributed by atoms with Crippen LogP contribution in [-0.2, 0) is 15.6 Å². The second kappa shape index (κ2) is 17.6. The number of hydrogen-bond acceptors (Lipinski definition) is 4. The Bertz CT molecular complexity index is 2310. The Morgan fingerprint density at radius 1 is 0.877 bits per heavy atom. The van der Waals surface area contributed by atoms with Crippen LogP contribution in [0.25, 0.3) is 0 Å². The van der Waals surface area contributed by atoms with Crippen molar-refractivity contribution in [3.8, 4) is 5.75 Å². The monoisotopic (exact) mass is 800 g/mol. The molecule has 1 unspecified atom stereocenters. The number of hydrogen-bond donors (Lipinski definition) is 1. The Morgan fingerprint density at radius 2 is 1.60 bits per heavy atom. The van der Waals surface area contributed by atoms with E-state index in [4.69, 9.17) is 16.3 Å². The lowest BCUT2D eigenvalue weighted by molar-refractivity contribution is -0.134. The van der Waals surface area contributed by atoms with Crippen LogP contribution in [0.5, 0.6) is 5.75 Å². The summed E-state index contributed by atoms with van der Waals surface area (Å²) in [4.78, 5) is 26.7. The number of unbranched alkanes of at least 4 members (excludes halogenated alkanes) is 2. The molecule has 1 N–H and O–H groups in total. The average molecular weight is 802 g/mol. The molecule has 0 saturated heterocycles. The number of anilines is 1. The van der Waals surface area contributed by atoms with E-state index < -0.39 is 5.97 Å². The number of fused-ring (bicyclic) bond motifs is 2. The molecule has 3 aliphatic rings. The van der Waals surface area contributed by atoms with Gasteiger partial charge in [0.1, 0.15) is 5.75 Å². The molecule has 0 radical (unpaired) electrons. The quantitative estimate of drug-likeness (QED) is 0.0510. The first kappa shape index (κ1) is 41.5. The number of halogens is 2. The highest BCUT2D eigenvalue weighted by Gasteiger charge is 2.45. The standard InChI is InChI=1S/C49H49ClN2O4.ClH/c1-48(2)39-23-10-12-25-41(39)51(32-14-6-9-27-45(53)56-38-21-7-5-8-22-38)43(48)30-28-34-17-15-18-35(46(34)50)29-31-44-49(3,4)40-24-11-13-26-42(40)52(44)37-20-16-19-36(33-37)47(54)55;/h5,7-8,10-13,16,19-26,28-29,31,33-34H,6,9,14-15,17-18,27,32H2,1-4H3;1H/b31-29+;. The van der Waals surface area contributed by atoms with Crippen molar-refractivity contribution in [2.24, 2.45) is 5.92 Å². The average Bonchev–Trinajstić information content (AvgIpc) is 3.55. The van der Waals surface area contributed by atoms with Gasteiger partial charge in [0.2, 0.25) is 11.4 Å². The minimum Gasteiger partial charge on any atom is -1.00 e. The van der Waals surface area contributed by atoms with Crippen molar-refractivity contribution in [1.82, 2.24) is 4.58 Å². The lowest BCUT2D eigenvalue weighted by atomic mass is 9.81. The molecule has 8 heteroatoms. The van der Waals surface area contributed by atoms with Crippen LogP contribution in [0.2, 0.25) is 0 Å². The first-order valence-corrected chi connectivity index (χ1v) is 20.1. The highest BCUT2D eigenvalue weighted by atomic mass is 35.5. The predicted molar refractivity (Wildman–Crippen MR) is 228 cm³/mol. The number of ether oxygens (including phenoxy) is 1. The number of aromatic carboxylic acids is 1. The van der Waals surface area contributed by atoms with Gasteiger partial charge in [-0.1, -0.05) is 84.8 Å². The molecule has 4 aromatic rings. The third-order valence-electron chi connectivity index (χ3n) is 11.5. The van der Waals surface area contributed by atoms with E-state index in [1.807, 2.05) is 30.3 Å². The lowest BCUT2D eigenvalue weighted by Crippen LogP contribution is -3.00. The van der Waals surface area contributed by atoms with Crippen LogP contribution in [0.4, 0.5) is 17.1 Å². The van der Waals surface area contributed by atoms with Crippen molar-refractivity contribution < 1.29 is 31.8 Å². The number of carbonyl (C=O) groups excluding carboxylic acids is 1. The summed E-state index contributed by atoms with van der Waals surface area (Å²) in [5.74, 6) is -0.523. The van der Waals surface area contributed by atoms with Crippen molar-refractivity contribution in [1.29, 1.82) is 0 Å². The highest BCUT2D eigenvalue weighted by molar-refractivity contribution is 6.30. The van der Waals surface area contributed by atoms with Crippen LogP contribution in [0.15, 0.2) is 143 Å². The van der Waals surface area contributed by atoms with Gasteiger partial charge in [0.15, 0.2) is 5.71 Å². The number of allylic oxidation sites excluding steroid dienone is 5. The van der Waals surface area contributed by atoms with E-state index >= 15 is 0 Å². The molecule has 7 rings (SSSR count). The van der Waals surface area contributed by atoms with Crippen LogP contribution in [0.1, 0.15) is 94.1 Å². The molecule has 294 valence electrons. The normalized spacial score (nSPS) is 17.9. The number of rotatable bonds is 12. The van der Waals surface area contributed by atoms with E-state index in [9.17, 15) is 14.7 Å². The Labute approximate surface area is 348 Å². The molecule has 0 spiro atoms. The number of carboxylic acids is 1. The summed E-state index contributed by atoms with van der Waals surface area (Å²) < 4.78 is 7.66. The summed E-state index contributed by atoms with van der Waals surface area (Å²) in [6.07, 6.45) is 12.4. The van der Waals surface area contributed by atoms with Gasteiger partial charge in [0, 0.05) is 64.9 Å². The number of carboxylic acid groups (broad SMARTS) is 1. The molecule has 2 aliphatic heterocycles. The van der Waals surface area contributed by atoms with Crippen LogP contribution < -0.4 is 26.6 Å². The van der Waals surface area contributed by atoms with E-state index in [1.165, 1.54) is 16.8 Å². The largest absolute Gasteiger partial charge is 1.00 e. The molecule has 57 heavy (non-hydrogen) atoms. The topological polar surface area (TPSA) is 69.9 Å². The van der Waals surface area contributed by atoms with Gasteiger partial charge in [-0.25, -0.2) is 4.79 Å². The second-order valence-electron chi connectivity index (χ2n) is 16.0. The number of para-hydroxylation sites is 3. The van der Waals surface area contributed by atoms with Gasteiger partial charge in [0.25, 0.3) is 0 Å². The maximum absolute atomic E-state index is 12.4. The summed E-state index contributed by atoms with van der Waals surface area (Å²) in [5, 5.41) is 10.6. The zero-order valence-electron chi connectivity index (χ0n) is 33.1. The van der Waals surface area contributed by atoms with E-state index in [0.29, 0.717) is 12.2 Å². The second-order valence-corrected chi connectivity index (χ2v) is 16.4. The molecule has 0 bridgehead atoms. The van der Waals surface area contributed by atoms with Gasteiger partial charge in [-0.2, -0.15) is 4.58 Å². The van der Waals surface area contributed by atoms with Gasteiger partial charge < -0.3 is 27.2 Å². The molecular formula is C49H50Cl2N2O4. The van der Waals surface area contributed by atoms with Gasteiger partial charge in [-0.3, -0.25) is 4.79 Å². The van der Waals surface area contributed by atoms with Crippen molar-refractivity contribution in [2.45, 2.75) is 83.5 Å². The molecule has 0 amide bonds. The molecule has 1 aliphatic carbocycles. The van der Waals surface area contributed by atoms with Crippen molar-refractivity contribution in [3.63, 3.8) is 0 Å². The van der Waals surface area contributed by atoms with Crippen molar-refractivity contribution >= 4 is 46.3 Å². The summed E-state index contributed by atoms with van der Waals surface area (Å²) in [6, 6.07) is 33.3. The van der Waals surface area contributed by atoms with Crippen LogP contribution in [0, 0.1) is 5.92 Å². The van der Waals surface area contributed by atoms with Gasteiger partial charge >= 0.3 is 11.9 Å². The SMILES string of the molecule is CC1(C)C(=C=CC2CCCC(/C=C/C3=[N+](c4cccc(C(=O)O)c4)c4ccccc4C3(C)C)=C2Cl)N(CCCCCC(=O)Oc2ccccc2)c2ccccc21.[Cl-]. The predicted octanol–water partition coefficient (Wildman–Crippen LogP) is 8.81. The summed E-state index contributed by atoms with van der Waals surface area (Å²) in [7, 11) is 0. The number of nitrogens with zero attached hydrogens (tertiary/aromatic N) is 2. The fourth-order valence-electron chi connectivity index (χ4n) is 8.46. The van der Waals surface area contributed by atoms with Crippen molar-refractivity contribution in [3.05, 3.63) is 160 Å². The van der Waals surface area contributed by atoms with E-state index in [2.05, 4.69) is 104 Å². The minimum atomic E-state index is -0.949. The first-order chi connectivity index (χ1) is 27.0. The van der Waals surface area contributed by atoms with E-state index in [0.717, 1.165) is 78.5 Å². The van der Waals surface area contributed by atoms with E-state index in [-0.39, 0.29) is 40.7 Å². The highest BCUT2D eigenvalue weighted by Crippen LogP contribution is 2.48. The first-order valence-electron chi connectivity index (χ1n) is 19.7. The third kappa shape index (κ3) is 8.60. The maximum Gasteiger partial charge on any atom is 0.335 e. The zero-order valence-corrected chi connectivity index (χ0v) is 34.6. The number of carbonyl (C=O) groups is 2. The number of benzene rings is 4. The smallest absolute Gasteiger partial charge is 0.335 e. The fourth-order valence-corrected chi connectivity index (χ4v) is 8.79. The number of esters is 1. The maximum atomic E-state index is 12.4. The van der Waals surface area contributed by atoms with Gasteiger partial charge in [-0.15, -0.1) is 5.73 Å². The Morgan fingerprint density at radius 3 is 2.37 bits per heavy atom. The van der Waals surface area contributed by atoms with Crippen LogP contribution >= 0.6 is 11.6 Å². The molecule has 0 saturated carbocycles. The summed E-state index contributed by atoms with van der Waals surface area (Å²) in [5.41, 5.74) is 12.3. The van der Waals surface area contributed by atoms with Crippen LogP contribution in [-0.4, -0.2) is 29.3 Å². The molecule has 4 aromatic carbocycles. The molecule has 0 aromatic heterocycles. The summed E-state index contributed by atoms with van der Waals surface area (Å²) >= 11 is 7.29. The molecule has 6 nitrogen and oxygen atoms in total. The Kier molecular flexibility index (Phi) is 12.8.